The lowest BCUT2D eigenvalue weighted by Crippen LogP contribution is -3.08. The van der Waals surface area contributed by atoms with E-state index in [0.29, 0.717) is 12.2 Å². The maximum atomic E-state index is 12.9. The van der Waals surface area contributed by atoms with Gasteiger partial charge in [-0.25, -0.2) is 4.39 Å². The molecule has 3 nitrogen and oxygen atoms in total. The van der Waals surface area contributed by atoms with Gasteiger partial charge in [-0.3, -0.25) is 4.79 Å². The van der Waals surface area contributed by atoms with Gasteiger partial charge >= 0.3 is 0 Å². The number of hydrogen-bond acceptors (Lipinski definition) is 2. The van der Waals surface area contributed by atoms with Gasteiger partial charge in [0.25, 0.3) is 5.91 Å². The van der Waals surface area contributed by atoms with Gasteiger partial charge in [-0.05, 0) is 30.3 Å². The van der Waals surface area contributed by atoms with E-state index in [0.717, 1.165) is 14.1 Å². The molecular formula is C14H14Cl2FN2OS+. The predicted octanol–water partition coefficient (Wildman–Crippen LogP) is 2.85. The van der Waals surface area contributed by atoms with Crippen LogP contribution in [-0.4, -0.2) is 19.5 Å². The van der Waals surface area contributed by atoms with Gasteiger partial charge < -0.3 is 10.2 Å². The summed E-state index contributed by atoms with van der Waals surface area (Å²) in [4.78, 5) is 14.1. The largest absolute Gasteiger partial charge is 0.325 e. The molecule has 1 unspecified atom stereocenters. The number of rotatable bonds is 5. The number of quaternary nitrogens is 1. The first-order chi connectivity index (χ1) is 9.94. The molecule has 0 spiro atoms. The molecule has 0 fully saturated rings. The fourth-order valence-corrected chi connectivity index (χ4v) is 3.28. The molecule has 0 saturated carbocycles. The van der Waals surface area contributed by atoms with Crippen LogP contribution in [-0.2, 0) is 11.3 Å². The average molecular weight is 348 g/mol. The third-order valence-electron chi connectivity index (χ3n) is 2.77. The SMILES string of the molecule is C[NH+](CC(=O)Nc1ccc(F)cc1Cl)Cc1ccc(Cl)s1. The Morgan fingerprint density at radius 1 is 1.33 bits per heavy atom. The highest BCUT2D eigenvalue weighted by atomic mass is 35.5. The van der Waals surface area contributed by atoms with Crippen LogP contribution >= 0.6 is 34.5 Å². The lowest BCUT2D eigenvalue weighted by Gasteiger charge is -2.13. The maximum absolute atomic E-state index is 12.9. The molecule has 0 aliphatic carbocycles. The maximum Gasteiger partial charge on any atom is 0.279 e. The number of amides is 1. The van der Waals surface area contributed by atoms with Crippen molar-refractivity contribution < 1.29 is 14.1 Å². The summed E-state index contributed by atoms with van der Waals surface area (Å²) in [5.41, 5.74) is 0.412. The first-order valence-corrected chi connectivity index (χ1v) is 7.81. The van der Waals surface area contributed by atoms with Crippen molar-refractivity contribution in [1.82, 2.24) is 0 Å². The fraction of sp³-hybridized carbons (Fsp3) is 0.214. The smallest absolute Gasteiger partial charge is 0.279 e. The Kier molecular flexibility index (Phi) is 5.58. The highest BCUT2D eigenvalue weighted by molar-refractivity contribution is 7.16. The lowest BCUT2D eigenvalue weighted by atomic mass is 10.3. The second-order valence-electron chi connectivity index (χ2n) is 4.69. The molecule has 0 bridgehead atoms. The molecule has 2 rings (SSSR count). The van der Waals surface area contributed by atoms with E-state index in [2.05, 4.69) is 5.32 Å². The Labute approximate surface area is 136 Å². The van der Waals surface area contributed by atoms with Crippen LogP contribution in [0.5, 0.6) is 0 Å². The predicted molar refractivity (Wildman–Crippen MR) is 84.8 cm³/mol. The van der Waals surface area contributed by atoms with Crippen molar-refractivity contribution in [1.29, 1.82) is 0 Å². The van der Waals surface area contributed by atoms with Crippen molar-refractivity contribution >= 4 is 46.1 Å². The highest BCUT2D eigenvalue weighted by Gasteiger charge is 2.13. The van der Waals surface area contributed by atoms with E-state index >= 15 is 0 Å². The minimum absolute atomic E-state index is 0.177. The van der Waals surface area contributed by atoms with Gasteiger partial charge in [-0.1, -0.05) is 23.2 Å². The Morgan fingerprint density at radius 2 is 2.10 bits per heavy atom. The molecule has 1 aromatic heterocycles. The topological polar surface area (TPSA) is 33.5 Å². The third-order valence-corrected chi connectivity index (χ3v) is 4.32. The van der Waals surface area contributed by atoms with E-state index in [1.54, 1.807) is 0 Å². The molecule has 0 aliphatic heterocycles. The molecule has 1 aromatic carbocycles. The second-order valence-corrected chi connectivity index (χ2v) is 6.90. The van der Waals surface area contributed by atoms with Gasteiger partial charge in [-0.15, -0.1) is 11.3 Å². The number of benzene rings is 1. The summed E-state index contributed by atoms with van der Waals surface area (Å²) in [5, 5.41) is 2.86. The minimum atomic E-state index is -0.435. The van der Waals surface area contributed by atoms with Crippen LogP contribution in [0.25, 0.3) is 0 Å². The van der Waals surface area contributed by atoms with Crippen molar-refractivity contribution in [3.63, 3.8) is 0 Å². The zero-order chi connectivity index (χ0) is 15.4. The number of anilines is 1. The molecular weight excluding hydrogens is 334 g/mol. The van der Waals surface area contributed by atoms with Crippen LogP contribution in [0.1, 0.15) is 4.88 Å². The lowest BCUT2D eigenvalue weighted by molar-refractivity contribution is -0.884. The summed E-state index contributed by atoms with van der Waals surface area (Å²) in [7, 11) is 1.92. The first-order valence-electron chi connectivity index (χ1n) is 6.24. The van der Waals surface area contributed by atoms with Crippen molar-refractivity contribution in [2.45, 2.75) is 6.54 Å². The Hall–Kier alpha value is -1.14. The molecule has 1 heterocycles. The van der Waals surface area contributed by atoms with Gasteiger partial charge in [0, 0.05) is 0 Å². The summed E-state index contributed by atoms with van der Waals surface area (Å²) >= 11 is 13.2. The second kappa shape index (κ2) is 7.22. The van der Waals surface area contributed by atoms with Gasteiger partial charge in [0.05, 0.1) is 27.0 Å². The van der Waals surface area contributed by atoms with E-state index < -0.39 is 5.82 Å². The number of hydrogen-bond donors (Lipinski definition) is 2. The van der Waals surface area contributed by atoms with Crippen LogP contribution in [0.2, 0.25) is 9.36 Å². The zero-order valence-corrected chi connectivity index (χ0v) is 13.6. The average Bonchev–Trinajstić information content (AvgIpc) is 2.78. The Balaban J connectivity index is 1.89. The van der Waals surface area contributed by atoms with Crippen LogP contribution in [0, 0.1) is 5.82 Å². The molecule has 1 atom stereocenters. The third kappa shape index (κ3) is 4.97. The molecule has 2 N–H and O–H groups in total. The number of halogens is 3. The summed E-state index contributed by atoms with van der Waals surface area (Å²) in [6.45, 7) is 0.991. The van der Waals surface area contributed by atoms with E-state index in [-0.39, 0.29) is 17.5 Å². The van der Waals surface area contributed by atoms with Crippen LogP contribution in [0.3, 0.4) is 0 Å². The van der Waals surface area contributed by atoms with Gasteiger partial charge in [-0.2, -0.15) is 0 Å². The van der Waals surface area contributed by atoms with Crippen LogP contribution in [0.4, 0.5) is 10.1 Å². The standard InChI is InChI=1S/C14H13Cl2FN2OS/c1-19(7-10-3-5-13(16)21-10)8-14(20)18-12-4-2-9(17)6-11(12)15/h2-6H,7-8H2,1H3,(H,18,20)/p+1. The molecule has 1 amide bonds. The molecule has 7 heteroatoms. The number of nitrogens with one attached hydrogen (secondary N) is 2. The number of thiophene rings is 1. The van der Waals surface area contributed by atoms with Gasteiger partial charge in [0.15, 0.2) is 6.54 Å². The number of carbonyl (C=O) groups excluding carboxylic acids is 1. The van der Waals surface area contributed by atoms with E-state index in [4.69, 9.17) is 23.2 Å². The van der Waals surface area contributed by atoms with Gasteiger partial charge in [0.1, 0.15) is 12.4 Å². The molecule has 2 aromatic rings. The summed E-state index contributed by atoms with van der Waals surface area (Å²) < 4.78 is 13.7. The van der Waals surface area contributed by atoms with E-state index in [1.807, 2.05) is 19.2 Å². The molecule has 21 heavy (non-hydrogen) atoms. The zero-order valence-electron chi connectivity index (χ0n) is 11.3. The molecule has 0 aliphatic rings. The molecule has 112 valence electrons. The summed E-state index contributed by atoms with van der Waals surface area (Å²) in [5.74, 6) is -0.612. The Morgan fingerprint density at radius 3 is 2.71 bits per heavy atom. The number of carbonyl (C=O) groups is 1. The summed E-state index contributed by atoms with van der Waals surface area (Å²) in [6.07, 6.45) is 0. The van der Waals surface area contributed by atoms with Crippen molar-refractivity contribution in [3.05, 3.63) is 50.4 Å². The fourth-order valence-electron chi connectivity index (χ4n) is 1.87. The van der Waals surface area contributed by atoms with Gasteiger partial charge in [0.2, 0.25) is 0 Å². The van der Waals surface area contributed by atoms with Crippen molar-refractivity contribution in [3.8, 4) is 0 Å². The Bertz CT molecular complexity index is 648. The van der Waals surface area contributed by atoms with Crippen LogP contribution in [0.15, 0.2) is 30.3 Å². The molecule has 0 saturated heterocycles. The van der Waals surface area contributed by atoms with Crippen molar-refractivity contribution in [2.75, 3.05) is 18.9 Å². The van der Waals surface area contributed by atoms with E-state index in [9.17, 15) is 9.18 Å². The minimum Gasteiger partial charge on any atom is -0.325 e. The van der Waals surface area contributed by atoms with E-state index in [1.165, 1.54) is 29.5 Å². The normalized spacial score (nSPS) is 12.2. The highest BCUT2D eigenvalue weighted by Crippen LogP contribution is 2.22. The first kappa shape index (κ1) is 16.2. The quantitative estimate of drug-likeness (QED) is 0.856. The summed E-state index contributed by atoms with van der Waals surface area (Å²) in [6, 6.07) is 7.66. The monoisotopic (exact) mass is 347 g/mol. The van der Waals surface area contributed by atoms with Crippen molar-refractivity contribution in [2.24, 2.45) is 0 Å². The molecule has 0 radical (unpaired) electrons. The van der Waals surface area contributed by atoms with Crippen LogP contribution < -0.4 is 10.2 Å². The number of likely N-dealkylation sites (N-methyl/N-ethyl adjacent to an activating group) is 1.